The van der Waals surface area contributed by atoms with E-state index in [2.05, 4.69) is 20.6 Å². The van der Waals surface area contributed by atoms with Crippen LogP contribution < -0.4 is 15.4 Å². The summed E-state index contributed by atoms with van der Waals surface area (Å²) in [7, 11) is -4.27. The third kappa shape index (κ3) is 5.90. The standard InChI is InChI=1S/C19H24ClN5O4S/c1-10(2)14-6-13(20)7-15(11(3)4)18(14)24-19(27)25-30(28,29)17-9-21-16(8-22-17)23-12(5)26/h6-11H,1-5H3,(H,21,23,26)(H2,24,25,27). The second-order valence-electron chi connectivity index (χ2n) is 7.25. The number of rotatable bonds is 6. The summed E-state index contributed by atoms with van der Waals surface area (Å²) in [5.74, 6) is -0.196. The summed E-state index contributed by atoms with van der Waals surface area (Å²) < 4.78 is 26.9. The number of aromatic nitrogens is 2. The van der Waals surface area contributed by atoms with Crippen LogP contribution in [0.25, 0.3) is 0 Å². The van der Waals surface area contributed by atoms with Gasteiger partial charge in [-0.05, 0) is 35.1 Å². The first-order valence-electron chi connectivity index (χ1n) is 9.17. The summed E-state index contributed by atoms with van der Waals surface area (Å²) in [5.41, 5.74) is 2.10. The number of nitrogens with zero attached hydrogens (tertiary/aromatic N) is 2. The van der Waals surface area contributed by atoms with Gasteiger partial charge in [0.1, 0.15) is 0 Å². The zero-order valence-electron chi connectivity index (χ0n) is 17.3. The highest BCUT2D eigenvalue weighted by Crippen LogP contribution is 2.35. The van der Waals surface area contributed by atoms with Crippen molar-refractivity contribution in [2.75, 3.05) is 10.6 Å². The first-order chi connectivity index (χ1) is 13.9. The minimum atomic E-state index is -4.27. The molecule has 0 fully saturated rings. The van der Waals surface area contributed by atoms with Gasteiger partial charge in [-0.15, -0.1) is 0 Å². The molecule has 3 N–H and O–H groups in total. The van der Waals surface area contributed by atoms with Crippen LogP contribution in [0.15, 0.2) is 29.6 Å². The Bertz CT molecular complexity index is 1020. The maximum atomic E-state index is 12.5. The van der Waals surface area contributed by atoms with Gasteiger partial charge in [-0.1, -0.05) is 39.3 Å². The molecule has 0 radical (unpaired) electrons. The number of carbonyl (C=O) groups excluding carboxylic acids is 2. The Hall–Kier alpha value is -2.72. The van der Waals surface area contributed by atoms with Gasteiger partial charge in [-0.25, -0.2) is 19.5 Å². The zero-order chi connectivity index (χ0) is 22.6. The van der Waals surface area contributed by atoms with Gasteiger partial charge < -0.3 is 10.6 Å². The van der Waals surface area contributed by atoms with Crippen molar-refractivity contribution in [2.24, 2.45) is 0 Å². The number of amides is 3. The van der Waals surface area contributed by atoms with Crippen molar-refractivity contribution in [1.82, 2.24) is 14.7 Å². The Morgan fingerprint density at radius 3 is 1.97 bits per heavy atom. The SMILES string of the molecule is CC(=O)Nc1cnc(S(=O)(=O)NC(=O)Nc2c(C(C)C)cc(Cl)cc2C(C)C)cn1. The third-order valence-electron chi connectivity index (χ3n) is 4.08. The number of benzene rings is 1. The molecule has 162 valence electrons. The highest BCUT2D eigenvalue weighted by atomic mass is 35.5. The van der Waals surface area contributed by atoms with Gasteiger partial charge in [-0.3, -0.25) is 4.79 Å². The van der Waals surface area contributed by atoms with Gasteiger partial charge in [0.25, 0.3) is 10.0 Å². The Kier molecular flexibility index (Phi) is 7.38. The van der Waals surface area contributed by atoms with Crippen LogP contribution in [0.1, 0.15) is 57.6 Å². The number of sulfonamides is 1. The van der Waals surface area contributed by atoms with Gasteiger partial charge in [0.2, 0.25) is 5.91 Å². The number of hydrogen-bond donors (Lipinski definition) is 3. The second kappa shape index (κ2) is 9.40. The molecule has 2 aromatic rings. The number of hydrogen-bond acceptors (Lipinski definition) is 6. The maximum Gasteiger partial charge on any atom is 0.333 e. The van der Waals surface area contributed by atoms with Gasteiger partial charge in [0, 0.05) is 17.6 Å². The predicted octanol–water partition coefficient (Wildman–Crippen LogP) is 3.85. The second-order valence-corrected chi connectivity index (χ2v) is 9.32. The number of halogens is 1. The molecule has 11 heteroatoms. The molecule has 3 amide bonds. The number of urea groups is 1. The summed E-state index contributed by atoms with van der Waals surface area (Å²) in [5, 5.41) is 5.09. The van der Waals surface area contributed by atoms with Gasteiger partial charge in [-0.2, -0.15) is 8.42 Å². The molecule has 1 heterocycles. The van der Waals surface area contributed by atoms with Crippen molar-refractivity contribution in [2.45, 2.75) is 51.5 Å². The molecule has 1 aromatic carbocycles. The van der Waals surface area contributed by atoms with E-state index in [1.54, 1.807) is 12.1 Å². The topological polar surface area (TPSA) is 130 Å². The Balaban J connectivity index is 2.27. The lowest BCUT2D eigenvalue weighted by Gasteiger charge is -2.21. The molecule has 9 nitrogen and oxygen atoms in total. The van der Waals surface area contributed by atoms with Crippen LogP contribution in [0.4, 0.5) is 16.3 Å². The monoisotopic (exact) mass is 453 g/mol. The smallest absolute Gasteiger partial charge is 0.310 e. The van der Waals surface area contributed by atoms with Gasteiger partial charge >= 0.3 is 6.03 Å². The fourth-order valence-electron chi connectivity index (χ4n) is 2.72. The molecule has 30 heavy (non-hydrogen) atoms. The fourth-order valence-corrected chi connectivity index (χ4v) is 3.74. The van der Waals surface area contributed by atoms with E-state index in [4.69, 9.17) is 11.6 Å². The first-order valence-corrected chi connectivity index (χ1v) is 11.0. The van der Waals surface area contributed by atoms with Crippen LogP contribution in [-0.2, 0) is 14.8 Å². The first kappa shape index (κ1) is 23.6. The van der Waals surface area contributed by atoms with Crippen LogP contribution in [0.3, 0.4) is 0 Å². The molecule has 0 unspecified atom stereocenters. The number of nitrogens with one attached hydrogen (secondary N) is 3. The Morgan fingerprint density at radius 2 is 1.53 bits per heavy atom. The van der Waals surface area contributed by atoms with Gasteiger partial charge in [0.05, 0.1) is 12.4 Å². The summed E-state index contributed by atoms with van der Waals surface area (Å²) >= 11 is 6.21. The van der Waals surface area contributed by atoms with Crippen molar-refractivity contribution in [3.8, 4) is 0 Å². The Labute approximate surface area is 180 Å². The van der Waals surface area contributed by atoms with E-state index in [0.29, 0.717) is 10.7 Å². The molecule has 0 atom stereocenters. The average molecular weight is 454 g/mol. The summed E-state index contributed by atoms with van der Waals surface area (Å²) in [4.78, 5) is 31.1. The normalized spacial score (nSPS) is 11.5. The summed E-state index contributed by atoms with van der Waals surface area (Å²) in [6.45, 7) is 9.07. The summed E-state index contributed by atoms with van der Waals surface area (Å²) in [6, 6.07) is 2.55. The van der Waals surface area contributed by atoms with Crippen molar-refractivity contribution in [3.63, 3.8) is 0 Å². The lowest BCUT2D eigenvalue weighted by Crippen LogP contribution is -2.35. The predicted molar refractivity (Wildman–Crippen MR) is 115 cm³/mol. The van der Waals surface area contributed by atoms with Crippen molar-refractivity contribution < 1.29 is 18.0 Å². The lowest BCUT2D eigenvalue weighted by molar-refractivity contribution is -0.114. The average Bonchev–Trinajstić information content (AvgIpc) is 2.61. The van der Waals surface area contributed by atoms with E-state index in [1.165, 1.54) is 6.92 Å². The molecule has 0 aliphatic heterocycles. The van der Waals surface area contributed by atoms with E-state index in [-0.39, 0.29) is 23.6 Å². The zero-order valence-corrected chi connectivity index (χ0v) is 18.9. The molecule has 1 aromatic heterocycles. The maximum absolute atomic E-state index is 12.5. The number of carbonyl (C=O) groups is 2. The van der Waals surface area contributed by atoms with Gasteiger partial charge in [0.15, 0.2) is 10.8 Å². The molecular formula is C19H24ClN5O4S. The van der Waals surface area contributed by atoms with E-state index in [9.17, 15) is 18.0 Å². The fraction of sp³-hybridized carbons (Fsp3) is 0.368. The van der Waals surface area contributed by atoms with Crippen molar-refractivity contribution in [1.29, 1.82) is 0 Å². The largest absolute Gasteiger partial charge is 0.333 e. The molecule has 0 spiro atoms. The molecular weight excluding hydrogens is 430 g/mol. The molecule has 0 saturated carbocycles. The van der Waals surface area contributed by atoms with Crippen LogP contribution in [0.2, 0.25) is 5.02 Å². The highest BCUT2D eigenvalue weighted by molar-refractivity contribution is 7.90. The van der Waals surface area contributed by atoms with Crippen LogP contribution in [-0.4, -0.2) is 30.3 Å². The highest BCUT2D eigenvalue weighted by Gasteiger charge is 2.23. The third-order valence-corrected chi connectivity index (χ3v) is 5.52. The lowest BCUT2D eigenvalue weighted by atomic mass is 9.92. The van der Waals surface area contributed by atoms with Crippen LogP contribution in [0, 0.1) is 0 Å². The Morgan fingerprint density at radius 1 is 0.967 bits per heavy atom. The van der Waals surface area contributed by atoms with Crippen molar-refractivity contribution >= 4 is 45.1 Å². The molecule has 0 aliphatic carbocycles. The minimum Gasteiger partial charge on any atom is -0.310 e. The van der Waals surface area contributed by atoms with E-state index in [1.807, 2.05) is 32.4 Å². The quantitative estimate of drug-likeness (QED) is 0.609. The van der Waals surface area contributed by atoms with Crippen molar-refractivity contribution in [3.05, 3.63) is 40.7 Å². The van der Waals surface area contributed by atoms with E-state index in [0.717, 1.165) is 23.5 Å². The molecule has 0 saturated heterocycles. The van der Waals surface area contributed by atoms with Crippen LogP contribution in [0.5, 0.6) is 0 Å². The minimum absolute atomic E-state index is 0.0419. The molecule has 2 rings (SSSR count). The van der Waals surface area contributed by atoms with Crippen LogP contribution >= 0.6 is 11.6 Å². The molecule has 0 aliphatic rings. The summed E-state index contributed by atoms with van der Waals surface area (Å²) in [6.07, 6.45) is 2.03. The van der Waals surface area contributed by atoms with E-state index >= 15 is 0 Å². The molecule has 0 bridgehead atoms. The van der Waals surface area contributed by atoms with E-state index < -0.39 is 21.1 Å². The number of anilines is 2.